The number of hydrogen-bond donors (Lipinski definition) is 3. The Labute approximate surface area is 201 Å². The molecule has 0 unspecified atom stereocenters. The van der Waals surface area contributed by atoms with Crippen molar-refractivity contribution in [2.75, 3.05) is 24.7 Å². The van der Waals surface area contributed by atoms with Crippen molar-refractivity contribution in [1.29, 1.82) is 5.26 Å². The molecule has 0 spiro atoms. The van der Waals surface area contributed by atoms with Crippen LogP contribution in [0.15, 0.2) is 28.0 Å². The van der Waals surface area contributed by atoms with Gasteiger partial charge in [0.15, 0.2) is 11.4 Å². The number of nitriles is 1. The van der Waals surface area contributed by atoms with Crippen LogP contribution in [0.25, 0.3) is 0 Å². The second-order valence-electron chi connectivity index (χ2n) is 9.44. The molecular weight excluding hydrogens is 450 g/mol. The van der Waals surface area contributed by atoms with E-state index in [9.17, 15) is 24.8 Å². The zero-order chi connectivity index (χ0) is 25.5. The van der Waals surface area contributed by atoms with Crippen LogP contribution in [0.3, 0.4) is 0 Å². The van der Waals surface area contributed by atoms with E-state index in [0.29, 0.717) is 11.3 Å². The molecule has 1 saturated carbocycles. The summed E-state index contributed by atoms with van der Waals surface area (Å²) in [5, 5.41) is 30.8. The highest BCUT2D eigenvalue weighted by molar-refractivity contribution is 5.97. The van der Waals surface area contributed by atoms with E-state index in [1.165, 1.54) is 31.3 Å². The summed E-state index contributed by atoms with van der Waals surface area (Å²) in [5.41, 5.74) is -0.917. The van der Waals surface area contributed by atoms with Gasteiger partial charge in [0.05, 0.1) is 17.3 Å². The van der Waals surface area contributed by atoms with Crippen LogP contribution >= 0.6 is 0 Å². The predicted octanol–water partition coefficient (Wildman–Crippen LogP) is 2.17. The maximum absolute atomic E-state index is 12.6. The molecule has 0 bridgehead atoms. The molecule has 182 valence electrons. The summed E-state index contributed by atoms with van der Waals surface area (Å²) >= 11 is 0. The first-order chi connectivity index (χ1) is 16.6. The lowest BCUT2D eigenvalue weighted by Crippen LogP contribution is -2.40. The lowest BCUT2D eigenvalue weighted by atomic mass is 9.78. The molecule has 1 aliphatic carbocycles. The van der Waals surface area contributed by atoms with Gasteiger partial charge in [-0.1, -0.05) is 19.8 Å². The molecule has 2 heterocycles. The minimum Gasteiger partial charge on any atom is -0.504 e. The second kappa shape index (κ2) is 8.87. The Morgan fingerprint density at radius 3 is 2.54 bits per heavy atom. The molecule has 35 heavy (non-hydrogen) atoms. The largest absolute Gasteiger partial charge is 0.504 e. The van der Waals surface area contributed by atoms with Crippen LogP contribution in [-0.4, -0.2) is 44.8 Å². The Morgan fingerprint density at radius 2 is 1.91 bits per heavy atom. The lowest BCUT2D eigenvalue weighted by molar-refractivity contribution is 0.0819. The maximum Gasteiger partial charge on any atom is 0.275 e. The smallest absolute Gasteiger partial charge is 0.275 e. The normalized spacial score (nSPS) is 15.5. The first kappa shape index (κ1) is 23.9. The Bertz CT molecular complexity index is 1400. The molecule has 3 N–H and O–H groups in total. The van der Waals surface area contributed by atoms with Crippen LogP contribution in [0, 0.1) is 16.7 Å². The minimum absolute atomic E-state index is 0.0270. The van der Waals surface area contributed by atoms with Gasteiger partial charge in [-0.25, -0.2) is 4.98 Å². The summed E-state index contributed by atoms with van der Waals surface area (Å²) in [6, 6.07) is 3.09. The first-order valence-electron chi connectivity index (χ1n) is 11.3. The monoisotopic (exact) mass is 477 g/mol. The van der Waals surface area contributed by atoms with Gasteiger partial charge in [0.25, 0.3) is 16.8 Å². The van der Waals surface area contributed by atoms with E-state index in [2.05, 4.69) is 33.7 Å². The first-order valence-corrected chi connectivity index (χ1v) is 11.3. The van der Waals surface area contributed by atoms with E-state index in [-0.39, 0.29) is 28.2 Å². The molecule has 1 aliphatic rings. The van der Waals surface area contributed by atoms with Gasteiger partial charge in [0, 0.05) is 33.5 Å². The number of rotatable bonds is 7. The molecule has 1 atom stereocenters. The van der Waals surface area contributed by atoms with Gasteiger partial charge in [-0.2, -0.15) is 10.4 Å². The highest BCUT2D eigenvalue weighted by atomic mass is 16.3. The van der Waals surface area contributed by atoms with E-state index in [0.717, 1.165) is 25.7 Å². The van der Waals surface area contributed by atoms with Crippen molar-refractivity contribution < 1.29 is 9.90 Å². The molecule has 3 aromatic rings. The number of anilines is 3. The lowest BCUT2D eigenvalue weighted by Gasteiger charge is -2.35. The van der Waals surface area contributed by atoms with Crippen molar-refractivity contribution in [3.05, 3.63) is 55.9 Å². The van der Waals surface area contributed by atoms with E-state index in [1.54, 1.807) is 17.9 Å². The van der Waals surface area contributed by atoms with Crippen molar-refractivity contribution in [2.45, 2.75) is 38.6 Å². The summed E-state index contributed by atoms with van der Waals surface area (Å²) in [5.74, 6) is -0.941. The summed E-state index contributed by atoms with van der Waals surface area (Å²) in [4.78, 5) is 42.6. The van der Waals surface area contributed by atoms with Crippen LogP contribution in [0.5, 0.6) is 5.75 Å². The van der Waals surface area contributed by atoms with Crippen LogP contribution in [-0.2, 0) is 7.05 Å². The van der Waals surface area contributed by atoms with Crippen molar-refractivity contribution in [3.8, 4) is 11.8 Å². The molecule has 1 fully saturated rings. The van der Waals surface area contributed by atoms with Crippen LogP contribution < -0.4 is 21.5 Å². The molecular formula is C24H27N7O4. The summed E-state index contributed by atoms with van der Waals surface area (Å²) < 4.78 is 1.56. The van der Waals surface area contributed by atoms with Gasteiger partial charge in [0.2, 0.25) is 0 Å². The SMILES string of the molecule is CN(C)C(=O)c1nccc(Nc2c(N[C@@H](c3nn(C)cc3C#N)C3(C)CCCC3)c(=O)c2=O)c1O. The van der Waals surface area contributed by atoms with Gasteiger partial charge in [-0.15, -0.1) is 0 Å². The average molecular weight is 478 g/mol. The molecule has 0 radical (unpaired) electrons. The van der Waals surface area contributed by atoms with Gasteiger partial charge in [-0.3, -0.25) is 19.1 Å². The number of carbonyl (C=O) groups is 1. The fourth-order valence-electron chi connectivity index (χ4n) is 4.70. The number of aromatic hydroxyl groups is 1. The zero-order valence-electron chi connectivity index (χ0n) is 20.0. The summed E-state index contributed by atoms with van der Waals surface area (Å²) in [6.07, 6.45) is 6.70. The van der Waals surface area contributed by atoms with Crippen LogP contribution in [0.4, 0.5) is 17.1 Å². The number of nitrogens with zero attached hydrogens (tertiary/aromatic N) is 5. The molecule has 1 aromatic carbocycles. The average Bonchev–Trinajstić information content (AvgIpc) is 3.44. The maximum atomic E-state index is 12.6. The van der Waals surface area contributed by atoms with Crippen LogP contribution in [0.1, 0.15) is 60.4 Å². The summed E-state index contributed by atoms with van der Waals surface area (Å²) in [6.45, 7) is 2.08. The number of amides is 1. The van der Waals surface area contributed by atoms with Crippen molar-refractivity contribution in [1.82, 2.24) is 19.7 Å². The topological polar surface area (TPSA) is 153 Å². The Morgan fingerprint density at radius 1 is 1.26 bits per heavy atom. The zero-order valence-corrected chi connectivity index (χ0v) is 20.0. The van der Waals surface area contributed by atoms with E-state index in [1.807, 2.05) is 0 Å². The van der Waals surface area contributed by atoms with Crippen molar-refractivity contribution in [2.24, 2.45) is 12.5 Å². The quantitative estimate of drug-likeness (QED) is 0.434. The molecule has 11 nitrogen and oxygen atoms in total. The van der Waals surface area contributed by atoms with Gasteiger partial charge < -0.3 is 20.6 Å². The molecule has 11 heteroatoms. The fourth-order valence-corrected chi connectivity index (χ4v) is 4.70. The second-order valence-corrected chi connectivity index (χ2v) is 9.44. The molecule has 2 aromatic heterocycles. The predicted molar refractivity (Wildman–Crippen MR) is 129 cm³/mol. The highest BCUT2D eigenvalue weighted by Gasteiger charge is 2.42. The van der Waals surface area contributed by atoms with Crippen molar-refractivity contribution in [3.63, 3.8) is 0 Å². The highest BCUT2D eigenvalue weighted by Crippen LogP contribution is 2.49. The minimum atomic E-state index is -0.749. The van der Waals surface area contributed by atoms with E-state index < -0.39 is 28.6 Å². The fraction of sp³-hybridized carbons (Fsp3) is 0.417. The third kappa shape index (κ3) is 4.12. The van der Waals surface area contributed by atoms with Gasteiger partial charge in [0.1, 0.15) is 23.1 Å². The van der Waals surface area contributed by atoms with Crippen LogP contribution in [0.2, 0.25) is 0 Å². The third-order valence-electron chi connectivity index (χ3n) is 6.69. The number of pyridine rings is 1. The molecule has 4 rings (SSSR count). The number of aromatic nitrogens is 3. The Kier molecular flexibility index (Phi) is 6.06. The molecule has 0 saturated heterocycles. The van der Waals surface area contributed by atoms with Crippen molar-refractivity contribution >= 4 is 23.0 Å². The number of aryl methyl sites for hydroxylation is 1. The summed E-state index contributed by atoms with van der Waals surface area (Å²) in [7, 11) is 4.78. The molecule has 1 amide bonds. The van der Waals surface area contributed by atoms with Gasteiger partial charge in [-0.05, 0) is 24.3 Å². The van der Waals surface area contributed by atoms with E-state index in [4.69, 9.17) is 0 Å². The Hall–Kier alpha value is -4.20. The Balaban J connectivity index is 1.72. The van der Waals surface area contributed by atoms with Gasteiger partial charge >= 0.3 is 0 Å². The standard InChI is InChI=1S/C24H27N7O4/c1-24(8-5-6-9-24)22(15-13(11-25)12-31(4)29-15)28-17-16(20(33)21(17)34)27-14-7-10-26-18(19(14)32)23(35)30(2)3/h7,10,12,22,28,32H,5-6,8-9H2,1-4H3,(H,26,27)/t22-/m0/s1. The third-order valence-corrected chi connectivity index (χ3v) is 6.69. The molecule has 0 aliphatic heterocycles. The van der Waals surface area contributed by atoms with E-state index >= 15 is 0 Å². The number of hydrogen-bond acceptors (Lipinski definition) is 9. The number of carbonyl (C=O) groups excluding carboxylic acids is 1. The number of nitrogens with one attached hydrogen (secondary N) is 2.